The molecule has 0 aromatic heterocycles. The van der Waals surface area contributed by atoms with Gasteiger partial charge >= 0.3 is 23.9 Å². The number of benzene rings is 1. The van der Waals surface area contributed by atoms with Gasteiger partial charge in [-0.15, -0.1) is 0 Å². The molecule has 0 unspecified atom stereocenters. The first-order chi connectivity index (χ1) is 10.1. The van der Waals surface area contributed by atoms with Crippen LogP contribution in [0.15, 0.2) is 24.3 Å². The van der Waals surface area contributed by atoms with E-state index in [1.54, 1.807) is 0 Å². The summed E-state index contributed by atoms with van der Waals surface area (Å²) in [6.45, 7) is 0.942. The summed E-state index contributed by atoms with van der Waals surface area (Å²) >= 11 is 0. The van der Waals surface area contributed by atoms with Gasteiger partial charge in [0.1, 0.15) is 0 Å². The second-order valence-corrected chi connectivity index (χ2v) is 4.48. The average molecular weight is 353 g/mol. The molecule has 0 saturated carbocycles. The third-order valence-corrected chi connectivity index (χ3v) is 2.69. The monoisotopic (exact) mass is 353 g/mol. The van der Waals surface area contributed by atoms with E-state index in [0.29, 0.717) is 6.07 Å². The maximum atomic E-state index is 13.6. The first kappa shape index (κ1) is 19.1. The number of nitrogens with one attached hydrogen (secondary N) is 1. The van der Waals surface area contributed by atoms with Gasteiger partial charge in [-0.1, -0.05) is 12.1 Å². The molecule has 11 heteroatoms. The Balaban J connectivity index is 3.37. The van der Waals surface area contributed by atoms with Gasteiger partial charge in [0, 0.05) is 18.2 Å². The number of hydrogen-bond donors (Lipinski definition) is 1. The maximum absolute atomic E-state index is 13.6. The topological polar surface area (TPSA) is 29.1 Å². The Morgan fingerprint density at radius 2 is 1.43 bits per heavy atom. The molecule has 0 aliphatic rings. The molecule has 0 heterocycles. The lowest BCUT2D eigenvalue weighted by atomic mass is 9.96. The van der Waals surface area contributed by atoms with Crippen LogP contribution in [0.2, 0.25) is 0 Å². The Morgan fingerprint density at radius 1 is 0.913 bits per heavy atom. The van der Waals surface area contributed by atoms with Crippen molar-refractivity contribution in [2.45, 2.75) is 30.9 Å². The SMILES string of the molecule is CC(=O)Nc1cccc(C(F)(F)C(F)(F)C(F)(F)C(F)(F)F)c1. The second-order valence-electron chi connectivity index (χ2n) is 4.48. The van der Waals surface area contributed by atoms with Crippen molar-refractivity contribution in [2.75, 3.05) is 5.32 Å². The lowest BCUT2D eigenvalue weighted by Crippen LogP contribution is -2.59. The van der Waals surface area contributed by atoms with E-state index >= 15 is 0 Å². The molecule has 0 fully saturated rings. The molecule has 1 amide bonds. The maximum Gasteiger partial charge on any atom is 0.460 e. The van der Waals surface area contributed by atoms with E-state index in [4.69, 9.17) is 0 Å². The van der Waals surface area contributed by atoms with Gasteiger partial charge in [0.15, 0.2) is 0 Å². The van der Waals surface area contributed by atoms with Gasteiger partial charge in [0.25, 0.3) is 0 Å². The Kier molecular flexibility index (Phi) is 4.66. The van der Waals surface area contributed by atoms with Crippen LogP contribution >= 0.6 is 0 Å². The van der Waals surface area contributed by atoms with Gasteiger partial charge < -0.3 is 5.32 Å². The Labute approximate surface area is 123 Å². The van der Waals surface area contributed by atoms with Crippen LogP contribution in [0, 0.1) is 0 Å². The van der Waals surface area contributed by atoms with Crippen LogP contribution in [0.5, 0.6) is 0 Å². The summed E-state index contributed by atoms with van der Waals surface area (Å²) in [4.78, 5) is 10.7. The normalized spacial score (nSPS) is 13.8. The van der Waals surface area contributed by atoms with Crippen molar-refractivity contribution in [3.05, 3.63) is 29.8 Å². The zero-order valence-electron chi connectivity index (χ0n) is 11.1. The highest BCUT2D eigenvalue weighted by Gasteiger charge is 2.82. The van der Waals surface area contributed by atoms with Crippen molar-refractivity contribution >= 4 is 11.6 Å². The van der Waals surface area contributed by atoms with Crippen molar-refractivity contribution in [1.29, 1.82) is 0 Å². The first-order valence-corrected chi connectivity index (χ1v) is 5.73. The molecule has 1 N–H and O–H groups in total. The standard InChI is InChI=1S/C12H8F9NO/c1-6(23)22-8-4-2-3-7(5-8)9(13,14)10(15,16)11(17,18)12(19,20)21/h2-5H,1H3,(H,22,23). The van der Waals surface area contributed by atoms with Crippen LogP contribution in [0.4, 0.5) is 45.2 Å². The number of carbonyl (C=O) groups excluding carboxylic acids is 1. The van der Waals surface area contributed by atoms with Gasteiger partial charge in [-0.25, -0.2) is 0 Å². The molecule has 0 bridgehead atoms. The highest BCUT2D eigenvalue weighted by molar-refractivity contribution is 5.88. The van der Waals surface area contributed by atoms with Crippen molar-refractivity contribution in [2.24, 2.45) is 0 Å². The minimum absolute atomic E-state index is 0.182. The summed E-state index contributed by atoms with van der Waals surface area (Å²) in [7, 11) is 0. The molecule has 0 saturated heterocycles. The average Bonchev–Trinajstić information content (AvgIpc) is 2.36. The third-order valence-electron chi connectivity index (χ3n) is 2.69. The molecule has 0 radical (unpaired) electrons. The molecule has 0 aliphatic carbocycles. The molecule has 130 valence electrons. The fourth-order valence-electron chi connectivity index (χ4n) is 1.55. The van der Waals surface area contributed by atoms with Gasteiger partial charge in [-0.3, -0.25) is 4.79 Å². The third kappa shape index (κ3) is 3.22. The van der Waals surface area contributed by atoms with E-state index in [2.05, 4.69) is 0 Å². The zero-order chi connectivity index (χ0) is 18.3. The van der Waals surface area contributed by atoms with Crippen LogP contribution < -0.4 is 5.32 Å². The van der Waals surface area contributed by atoms with Gasteiger partial charge in [0.05, 0.1) is 0 Å². The molecule has 1 rings (SSSR count). The van der Waals surface area contributed by atoms with Crippen LogP contribution in [0.25, 0.3) is 0 Å². The quantitative estimate of drug-likeness (QED) is 0.790. The summed E-state index contributed by atoms with van der Waals surface area (Å²) < 4.78 is 115. The molecule has 0 spiro atoms. The van der Waals surface area contributed by atoms with E-state index in [-0.39, 0.29) is 12.1 Å². The van der Waals surface area contributed by atoms with Gasteiger partial charge in [-0.05, 0) is 12.1 Å². The number of carbonyl (C=O) groups is 1. The van der Waals surface area contributed by atoms with Crippen molar-refractivity contribution in [3.63, 3.8) is 0 Å². The predicted molar refractivity (Wildman–Crippen MR) is 60.6 cm³/mol. The Bertz CT molecular complexity index is 594. The highest BCUT2D eigenvalue weighted by atomic mass is 19.4. The zero-order valence-corrected chi connectivity index (χ0v) is 11.1. The van der Waals surface area contributed by atoms with E-state index in [1.807, 2.05) is 5.32 Å². The van der Waals surface area contributed by atoms with Gasteiger partial charge in [0.2, 0.25) is 5.91 Å². The summed E-state index contributed by atoms with van der Waals surface area (Å²) in [5.74, 6) is -20.3. The summed E-state index contributed by atoms with van der Waals surface area (Å²) in [5, 5.41) is 1.91. The fraction of sp³-hybridized carbons (Fsp3) is 0.417. The molecule has 23 heavy (non-hydrogen) atoms. The van der Waals surface area contributed by atoms with E-state index in [1.165, 1.54) is 0 Å². The largest absolute Gasteiger partial charge is 0.460 e. The first-order valence-electron chi connectivity index (χ1n) is 5.73. The summed E-state index contributed by atoms with van der Waals surface area (Å²) in [6, 6.07) is 2.07. The molecule has 1 aromatic carbocycles. The number of rotatable bonds is 4. The van der Waals surface area contributed by atoms with Crippen molar-refractivity contribution in [3.8, 4) is 0 Å². The number of alkyl halides is 9. The smallest absolute Gasteiger partial charge is 0.326 e. The summed E-state index contributed by atoms with van der Waals surface area (Å²) in [5.41, 5.74) is -2.28. The molecule has 0 aliphatic heterocycles. The lowest BCUT2D eigenvalue weighted by Gasteiger charge is -2.33. The minimum Gasteiger partial charge on any atom is -0.326 e. The van der Waals surface area contributed by atoms with Crippen LogP contribution in [-0.4, -0.2) is 23.9 Å². The molecular weight excluding hydrogens is 345 g/mol. The van der Waals surface area contributed by atoms with Crippen molar-refractivity contribution in [1.82, 2.24) is 0 Å². The van der Waals surface area contributed by atoms with Crippen LogP contribution in [0.1, 0.15) is 12.5 Å². The molecular formula is C12H8F9NO. The highest BCUT2D eigenvalue weighted by Crippen LogP contribution is 2.56. The summed E-state index contributed by atoms with van der Waals surface area (Å²) in [6.07, 6.45) is -6.88. The number of amides is 1. The van der Waals surface area contributed by atoms with Crippen molar-refractivity contribution < 1.29 is 44.3 Å². The van der Waals surface area contributed by atoms with Crippen LogP contribution in [-0.2, 0) is 10.7 Å². The molecule has 0 atom stereocenters. The van der Waals surface area contributed by atoms with E-state index < -0.39 is 41.1 Å². The predicted octanol–water partition coefficient (Wildman–Crippen LogP) is 4.57. The second kappa shape index (κ2) is 5.60. The molecule has 2 nitrogen and oxygen atoms in total. The minimum atomic E-state index is -6.96. The Hall–Kier alpha value is -1.94. The van der Waals surface area contributed by atoms with Crippen LogP contribution in [0.3, 0.4) is 0 Å². The fourth-order valence-corrected chi connectivity index (χ4v) is 1.55. The number of halogens is 9. The molecule has 1 aromatic rings. The van der Waals surface area contributed by atoms with Gasteiger partial charge in [-0.2, -0.15) is 39.5 Å². The number of anilines is 1. The number of hydrogen-bond acceptors (Lipinski definition) is 1. The lowest BCUT2D eigenvalue weighted by molar-refractivity contribution is -0.399. The Morgan fingerprint density at radius 3 is 1.87 bits per heavy atom. The van der Waals surface area contributed by atoms with E-state index in [9.17, 15) is 44.3 Å². The van der Waals surface area contributed by atoms with E-state index in [0.717, 1.165) is 13.0 Å².